The van der Waals surface area contributed by atoms with Crippen molar-refractivity contribution in [2.45, 2.75) is 0 Å². The Morgan fingerprint density at radius 3 is 1.58 bits per heavy atom. The molecule has 3 heteroatoms. The van der Waals surface area contributed by atoms with Gasteiger partial charge in [0.2, 0.25) is 0 Å². The molecule has 2 aromatic heterocycles. The van der Waals surface area contributed by atoms with Crippen LogP contribution in [0.2, 0.25) is 0 Å². The molecule has 57 heavy (non-hydrogen) atoms. The van der Waals surface area contributed by atoms with Gasteiger partial charge in [-0.25, -0.2) is 0 Å². The number of thiophene rings is 1. The van der Waals surface area contributed by atoms with Gasteiger partial charge in [0.25, 0.3) is 0 Å². The maximum absolute atomic E-state index is 6.53. The normalized spacial score (nSPS) is 11.5. The largest absolute Gasteiger partial charge is 0.456 e. The molecule has 0 aliphatic heterocycles. The van der Waals surface area contributed by atoms with E-state index in [1.54, 1.807) is 0 Å². The number of hydrogen-bond acceptors (Lipinski definition) is 3. The summed E-state index contributed by atoms with van der Waals surface area (Å²) in [6.45, 7) is 0. The Morgan fingerprint density at radius 1 is 0.351 bits per heavy atom. The first kappa shape index (κ1) is 33.2. The van der Waals surface area contributed by atoms with Crippen LogP contribution in [0.5, 0.6) is 0 Å². The van der Waals surface area contributed by atoms with Crippen LogP contribution in [0.4, 0.5) is 17.1 Å². The van der Waals surface area contributed by atoms with Crippen molar-refractivity contribution in [1.29, 1.82) is 0 Å². The van der Waals surface area contributed by atoms with Crippen LogP contribution in [0.25, 0.3) is 86.6 Å². The Bertz CT molecular complexity index is 3200. The predicted molar refractivity (Wildman–Crippen MR) is 243 cm³/mol. The molecule has 0 spiro atoms. The smallest absolute Gasteiger partial charge is 0.136 e. The van der Waals surface area contributed by atoms with Gasteiger partial charge in [0, 0.05) is 42.3 Å². The van der Waals surface area contributed by atoms with Crippen molar-refractivity contribution >= 4 is 70.5 Å². The molecule has 0 radical (unpaired) electrons. The van der Waals surface area contributed by atoms with Gasteiger partial charge in [-0.15, -0.1) is 11.3 Å². The lowest BCUT2D eigenvalue weighted by Gasteiger charge is -2.27. The van der Waals surface area contributed by atoms with Crippen LogP contribution in [0.15, 0.2) is 217 Å². The summed E-state index contributed by atoms with van der Waals surface area (Å²) in [5.74, 6) is 0. The van der Waals surface area contributed by atoms with Crippen molar-refractivity contribution in [2.24, 2.45) is 0 Å². The maximum Gasteiger partial charge on any atom is 0.136 e. The summed E-state index contributed by atoms with van der Waals surface area (Å²) in [6.07, 6.45) is 0. The van der Waals surface area contributed by atoms with E-state index in [9.17, 15) is 0 Å². The zero-order valence-electron chi connectivity index (χ0n) is 31.0. The highest BCUT2D eigenvalue weighted by molar-refractivity contribution is 7.26. The van der Waals surface area contributed by atoms with Gasteiger partial charge < -0.3 is 9.32 Å². The van der Waals surface area contributed by atoms with Gasteiger partial charge in [-0.2, -0.15) is 0 Å². The third kappa shape index (κ3) is 5.88. The Morgan fingerprint density at radius 2 is 0.895 bits per heavy atom. The zero-order valence-corrected chi connectivity index (χ0v) is 31.8. The van der Waals surface area contributed by atoms with E-state index in [0.717, 1.165) is 44.6 Å². The van der Waals surface area contributed by atoms with Gasteiger partial charge in [0.05, 0.1) is 5.69 Å². The first-order chi connectivity index (χ1) is 28.2. The third-order valence-electron chi connectivity index (χ3n) is 11.1. The molecule has 268 valence electrons. The summed E-state index contributed by atoms with van der Waals surface area (Å²) >= 11 is 1.87. The predicted octanol–water partition coefficient (Wildman–Crippen LogP) is 16.1. The summed E-state index contributed by atoms with van der Waals surface area (Å²) in [5, 5.41) is 4.71. The second-order valence-corrected chi connectivity index (χ2v) is 15.5. The molecule has 0 saturated heterocycles. The van der Waals surface area contributed by atoms with E-state index in [1.807, 2.05) is 11.3 Å². The average Bonchev–Trinajstić information content (AvgIpc) is 3.86. The summed E-state index contributed by atoms with van der Waals surface area (Å²) in [7, 11) is 0. The minimum atomic E-state index is 0.874. The van der Waals surface area contributed by atoms with E-state index in [1.165, 1.54) is 59.1 Å². The molecule has 0 unspecified atom stereocenters. The van der Waals surface area contributed by atoms with Crippen molar-refractivity contribution in [3.63, 3.8) is 0 Å². The fraction of sp³-hybridized carbons (Fsp3) is 0. The molecule has 9 aromatic carbocycles. The van der Waals surface area contributed by atoms with Crippen molar-refractivity contribution in [1.82, 2.24) is 0 Å². The quantitative estimate of drug-likeness (QED) is 0.162. The highest BCUT2D eigenvalue weighted by atomic mass is 32.1. The van der Waals surface area contributed by atoms with Crippen LogP contribution in [0, 0.1) is 0 Å². The Labute approximate surface area is 335 Å². The van der Waals surface area contributed by atoms with Gasteiger partial charge in [0.1, 0.15) is 11.2 Å². The number of anilines is 3. The van der Waals surface area contributed by atoms with E-state index in [-0.39, 0.29) is 0 Å². The monoisotopic (exact) mass is 745 g/mol. The lowest BCUT2D eigenvalue weighted by Crippen LogP contribution is -2.10. The molecule has 11 aromatic rings. The van der Waals surface area contributed by atoms with E-state index >= 15 is 0 Å². The number of benzene rings is 9. The summed E-state index contributed by atoms with van der Waals surface area (Å²) in [5.41, 5.74) is 14.6. The minimum absolute atomic E-state index is 0.874. The summed E-state index contributed by atoms with van der Waals surface area (Å²) in [4.78, 5) is 2.43. The standard InChI is InChI=1S/C54H35NOS/c1-4-12-36(13-5-1)38-20-22-39(23-21-38)40-24-27-43(28-25-40)55(44-29-33-50-48(35-44)46-30-26-42(34-51(46)56-50)37-14-6-2-7-15-37)49-32-31-45(41-16-8-3-9-17-41)54-53(49)47-18-10-11-19-52(47)57-54/h1-35H. The van der Waals surface area contributed by atoms with Crippen LogP contribution in [0.3, 0.4) is 0 Å². The van der Waals surface area contributed by atoms with Gasteiger partial charge in [0.15, 0.2) is 0 Å². The second-order valence-electron chi connectivity index (χ2n) is 14.5. The number of nitrogens with zero attached hydrogens (tertiary/aromatic N) is 1. The van der Waals surface area contributed by atoms with Crippen LogP contribution in [0.1, 0.15) is 0 Å². The lowest BCUT2D eigenvalue weighted by atomic mass is 9.99. The molecule has 0 aliphatic carbocycles. The number of fused-ring (bicyclic) bond motifs is 6. The molecule has 0 aliphatic rings. The van der Waals surface area contributed by atoms with E-state index in [2.05, 4.69) is 217 Å². The van der Waals surface area contributed by atoms with Crippen LogP contribution < -0.4 is 4.90 Å². The highest BCUT2D eigenvalue weighted by Crippen LogP contribution is 2.49. The number of rotatable bonds is 7. The van der Waals surface area contributed by atoms with Gasteiger partial charge in [-0.1, -0.05) is 158 Å². The van der Waals surface area contributed by atoms with E-state index in [4.69, 9.17) is 4.42 Å². The molecule has 0 saturated carbocycles. The molecule has 2 heterocycles. The van der Waals surface area contributed by atoms with E-state index < -0.39 is 0 Å². The molecular formula is C54H35NOS. The molecule has 0 fully saturated rings. The number of furan rings is 1. The SMILES string of the molecule is c1ccc(-c2ccc(-c3ccc(N(c4ccc5oc6cc(-c7ccccc7)ccc6c5c4)c4ccc(-c5ccccc5)c5sc6ccccc6c45)cc3)cc2)cc1. The van der Waals surface area contributed by atoms with Crippen molar-refractivity contribution in [3.8, 4) is 44.5 Å². The Kier molecular flexibility index (Phi) is 8.04. The summed E-state index contributed by atoms with van der Waals surface area (Å²) in [6, 6.07) is 76.3. The van der Waals surface area contributed by atoms with Crippen molar-refractivity contribution < 1.29 is 4.42 Å². The molecule has 0 atom stereocenters. The molecule has 11 rings (SSSR count). The first-order valence-corrected chi connectivity index (χ1v) is 20.1. The fourth-order valence-corrected chi connectivity index (χ4v) is 9.53. The molecule has 0 N–H and O–H groups in total. The maximum atomic E-state index is 6.53. The van der Waals surface area contributed by atoms with Crippen molar-refractivity contribution in [3.05, 3.63) is 212 Å². The molecular weight excluding hydrogens is 711 g/mol. The Balaban J connectivity index is 1.08. The fourth-order valence-electron chi connectivity index (χ4n) is 8.27. The van der Waals surface area contributed by atoms with Crippen LogP contribution in [-0.2, 0) is 0 Å². The average molecular weight is 746 g/mol. The lowest BCUT2D eigenvalue weighted by molar-refractivity contribution is 0.669. The van der Waals surface area contributed by atoms with E-state index in [0.29, 0.717) is 0 Å². The Hall–Kier alpha value is -7.20. The van der Waals surface area contributed by atoms with Crippen molar-refractivity contribution in [2.75, 3.05) is 4.90 Å². The summed E-state index contributed by atoms with van der Waals surface area (Å²) < 4.78 is 9.08. The molecule has 0 bridgehead atoms. The van der Waals surface area contributed by atoms with Gasteiger partial charge >= 0.3 is 0 Å². The molecule has 0 amide bonds. The topological polar surface area (TPSA) is 16.4 Å². The number of hydrogen-bond donors (Lipinski definition) is 0. The highest BCUT2D eigenvalue weighted by Gasteiger charge is 2.22. The first-order valence-electron chi connectivity index (χ1n) is 19.3. The zero-order chi connectivity index (χ0) is 37.7. The van der Waals surface area contributed by atoms with Crippen LogP contribution >= 0.6 is 11.3 Å². The molecule has 2 nitrogen and oxygen atoms in total. The second kappa shape index (κ2) is 13.8. The minimum Gasteiger partial charge on any atom is -0.456 e. The van der Waals surface area contributed by atoms with Gasteiger partial charge in [-0.05, 0) is 99.1 Å². The van der Waals surface area contributed by atoms with Crippen LogP contribution in [-0.4, -0.2) is 0 Å². The van der Waals surface area contributed by atoms with Gasteiger partial charge in [-0.3, -0.25) is 0 Å². The third-order valence-corrected chi connectivity index (χ3v) is 12.3.